The van der Waals surface area contributed by atoms with Crippen molar-refractivity contribution in [1.29, 1.82) is 0 Å². The first-order chi connectivity index (χ1) is 9.61. The Bertz CT molecular complexity index is 610. The van der Waals surface area contributed by atoms with Gasteiger partial charge in [0.25, 0.3) is 0 Å². The van der Waals surface area contributed by atoms with Crippen molar-refractivity contribution in [2.75, 3.05) is 11.9 Å². The molecule has 1 heterocycles. The summed E-state index contributed by atoms with van der Waals surface area (Å²) in [6.07, 6.45) is 2.36. The van der Waals surface area contributed by atoms with E-state index >= 15 is 0 Å². The number of aryl methyl sites for hydroxylation is 3. The van der Waals surface area contributed by atoms with Crippen LogP contribution >= 0.6 is 0 Å². The van der Waals surface area contributed by atoms with Gasteiger partial charge in [-0.25, -0.2) is 0 Å². The van der Waals surface area contributed by atoms with Gasteiger partial charge in [-0.1, -0.05) is 35.9 Å². The summed E-state index contributed by atoms with van der Waals surface area (Å²) in [5.41, 5.74) is 8.40. The van der Waals surface area contributed by atoms with Gasteiger partial charge in [-0.05, 0) is 67.9 Å². The van der Waals surface area contributed by atoms with E-state index in [1.54, 1.807) is 0 Å². The summed E-state index contributed by atoms with van der Waals surface area (Å²) in [4.78, 5) is 0. The molecule has 0 spiro atoms. The molecule has 0 aromatic heterocycles. The Kier molecular flexibility index (Phi) is 3.52. The average molecular weight is 265 g/mol. The summed E-state index contributed by atoms with van der Waals surface area (Å²) < 4.78 is 0. The van der Waals surface area contributed by atoms with Crippen molar-refractivity contribution in [2.24, 2.45) is 5.92 Å². The minimum atomic E-state index is 0.701. The molecule has 0 saturated carbocycles. The van der Waals surface area contributed by atoms with E-state index < -0.39 is 0 Å². The molecule has 3 rings (SSSR count). The molecule has 1 atom stereocenters. The average Bonchev–Trinajstić information content (AvgIpc) is 2.43. The minimum absolute atomic E-state index is 0.701. The zero-order chi connectivity index (χ0) is 14.1. The van der Waals surface area contributed by atoms with Crippen LogP contribution in [0.1, 0.15) is 27.8 Å². The van der Waals surface area contributed by atoms with Gasteiger partial charge in [-0.3, -0.25) is 0 Å². The van der Waals surface area contributed by atoms with Crippen LogP contribution in [-0.4, -0.2) is 6.54 Å². The summed E-state index contributed by atoms with van der Waals surface area (Å²) >= 11 is 0. The zero-order valence-electron chi connectivity index (χ0n) is 12.7. The fraction of sp³-hybridized carbons (Fsp3) is 0.368. The van der Waals surface area contributed by atoms with Crippen LogP contribution in [-0.2, 0) is 12.8 Å². The lowest BCUT2D eigenvalue weighted by molar-refractivity contribution is 0.535. The third kappa shape index (κ3) is 2.72. The monoisotopic (exact) mass is 265 g/mol. The Labute approximate surface area is 122 Å². The number of anilines is 1. The highest BCUT2D eigenvalue weighted by atomic mass is 14.9. The number of benzene rings is 2. The van der Waals surface area contributed by atoms with E-state index in [-0.39, 0.29) is 0 Å². The molecule has 20 heavy (non-hydrogen) atoms. The first-order valence-corrected chi connectivity index (χ1v) is 7.51. The molecule has 0 aliphatic carbocycles. The first kappa shape index (κ1) is 13.2. The largest absolute Gasteiger partial charge is 0.385 e. The highest BCUT2D eigenvalue weighted by molar-refractivity contribution is 5.57. The Hall–Kier alpha value is -1.76. The molecule has 0 saturated heterocycles. The summed E-state index contributed by atoms with van der Waals surface area (Å²) in [6.45, 7) is 7.63. The van der Waals surface area contributed by atoms with Crippen LogP contribution < -0.4 is 5.32 Å². The van der Waals surface area contributed by atoms with E-state index in [0.29, 0.717) is 5.92 Å². The summed E-state index contributed by atoms with van der Waals surface area (Å²) in [6, 6.07) is 13.6. The molecule has 1 heteroatoms. The van der Waals surface area contributed by atoms with Gasteiger partial charge < -0.3 is 5.32 Å². The summed E-state index contributed by atoms with van der Waals surface area (Å²) in [7, 11) is 0. The van der Waals surface area contributed by atoms with Crippen molar-refractivity contribution in [1.82, 2.24) is 0 Å². The van der Waals surface area contributed by atoms with Crippen LogP contribution in [0.3, 0.4) is 0 Å². The smallest absolute Gasteiger partial charge is 0.0375 e. The van der Waals surface area contributed by atoms with Gasteiger partial charge >= 0.3 is 0 Å². The van der Waals surface area contributed by atoms with Crippen LogP contribution in [0.25, 0.3) is 0 Å². The second-order valence-corrected chi connectivity index (χ2v) is 6.23. The molecule has 0 amide bonds. The number of nitrogens with one attached hydrogen (secondary N) is 1. The normalized spacial score (nSPS) is 17.4. The highest BCUT2D eigenvalue weighted by Gasteiger charge is 2.19. The molecule has 0 radical (unpaired) electrons. The molecule has 1 unspecified atom stereocenters. The van der Waals surface area contributed by atoms with Gasteiger partial charge in [0.05, 0.1) is 0 Å². The van der Waals surface area contributed by atoms with Gasteiger partial charge in [-0.15, -0.1) is 0 Å². The lowest BCUT2D eigenvalue weighted by Crippen LogP contribution is -2.25. The standard InChI is InChI=1S/C19H23N/c1-13-4-6-16(7-5-13)10-17-11-18-8-14(2)15(3)9-19(18)20-12-17/h4-9,17,20H,10-12H2,1-3H3. The minimum Gasteiger partial charge on any atom is -0.385 e. The van der Waals surface area contributed by atoms with Crippen LogP contribution in [0.15, 0.2) is 36.4 Å². The van der Waals surface area contributed by atoms with Crippen LogP contribution in [0.4, 0.5) is 5.69 Å². The zero-order valence-corrected chi connectivity index (χ0v) is 12.7. The maximum atomic E-state index is 3.61. The van der Waals surface area contributed by atoms with E-state index in [1.807, 2.05) is 0 Å². The Balaban J connectivity index is 1.75. The number of fused-ring (bicyclic) bond motifs is 1. The van der Waals surface area contributed by atoms with Crippen molar-refractivity contribution in [3.8, 4) is 0 Å². The van der Waals surface area contributed by atoms with Crippen LogP contribution in [0.2, 0.25) is 0 Å². The molecule has 104 valence electrons. The predicted octanol–water partition coefficient (Wildman–Crippen LogP) is 4.44. The molecule has 1 aliphatic heterocycles. The summed E-state index contributed by atoms with van der Waals surface area (Å²) in [5.74, 6) is 0.701. The van der Waals surface area contributed by atoms with E-state index in [4.69, 9.17) is 0 Å². The maximum Gasteiger partial charge on any atom is 0.0375 e. The van der Waals surface area contributed by atoms with Gasteiger partial charge in [-0.2, -0.15) is 0 Å². The Morgan fingerprint density at radius 3 is 2.45 bits per heavy atom. The highest BCUT2D eigenvalue weighted by Crippen LogP contribution is 2.29. The van der Waals surface area contributed by atoms with Gasteiger partial charge in [0.15, 0.2) is 0 Å². The van der Waals surface area contributed by atoms with Crippen molar-refractivity contribution in [2.45, 2.75) is 33.6 Å². The topological polar surface area (TPSA) is 12.0 Å². The number of hydrogen-bond acceptors (Lipinski definition) is 1. The quantitative estimate of drug-likeness (QED) is 0.846. The second-order valence-electron chi connectivity index (χ2n) is 6.23. The predicted molar refractivity (Wildman–Crippen MR) is 86.5 cm³/mol. The molecular formula is C19H23N. The molecule has 0 bridgehead atoms. The summed E-state index contributed by atoms with van der Waals surface area (Å²) in [5, 5.41) is 3.61. The van der Waals surface area contributed by atoms with Crippen molar-refractivity contribution in [3.05, 3.63) is 64.2 Å². The molecule has 2 aromatic carbocycles. The molecule has 2 aromatic rings. The lowest BCUT2D eigenvalue weighted by atomic mass is 9.87. The van der Waals surface area contributed by atoms with Gasteiger partial charge in [0.1, 0.15) is 0 Å². The maximum absolute atomic E-state index is 3.61. The van der Waals surface area contributed by atoms with E-state index in [2.05, 4.69) is 62.5 Å². The van der Waals surface area contributed by atoms with E-state index in [0.717, 1.165) is 6.54 Å². The molecule has 1 N–H and O–H groups in total. The van der Waals surface area contributed by atoms with Crippen molar-refractivity contribution >= 4 is 5.69 Å². The molecule has 1 aliphatic rings. The van der Waals surface area contributed by atoms with E-state index in [9.17, 15) is 0 Å². The SMILES string of the molecule is Cc1ccc(CC2CNc3cc(C)c(C)cc3C2)cc1. The van der Waals surface area contributed by atoms with Crippen molar-refractivity contribution in [3.63, 3.8) is 0 Å². The number of hydrogen-bond donors (Lipinski definition) is 1. The Morgan fingerprint density at radius 1 is 1.00 bits per heavy atom. The third-order valence-electron chi connectivity index (χ3n) is 4.45. The van der Waals surface area contributed by atoms with Gasteiger partial charge in [0, 0.05) is 12.2 Å². The molecular weight excluding hydrogens is 242 g/mol. The van der Waals surface area contributed by atoms with Crippen LogP contribution in [0.5, 0.6) is 0 Å². The fourth-order valence-corrected chi connectivity index (χ4v) is 3.05. The van der Waals surface area contributed by atoms with Gasteiger partial charge in [0.2, 0.25) is 0 Å². The second kappa shape index (κ2) is 5.32. The molecule has 0 fully saturated rings. The first-order valence-electron chi connectivity index (χ1n) is 7.51. The van der Waals surface area contributed by atoms with E-state index in [1.165, 1.54) is 46.3 Å². The Morgan fingerprint density at radius 2 is 1.70 bits per heavy atom. The molecule has 1 nitrogen and oxygen atoms in total. The van der Waals surface area contributed by atoms with Crippen LogP contribution in [0, 0.1) is 26.7 Å². The number of rotatable bonds is 2. The lowest BCUT2D eigenvalue weighted by Gasteiger charge is -2.27. The third-order valence-corrected chi connectivity index (χ3v) is 4.45. The fourth-order valence-electron chi connectivity index (χ4n) is 3.05. The van der Waals surface area contributed by atoms with Crippen molar-refractivity contribution < 1.29 is 0 Å².